The van der Waals surface area contributed by atoms with Gasteiger partial charge >= 0.3 is 0 Å². The van der Waals surface area contributed by atoms with Gasteiger partial charge in [-0.25, -0.2) is 0 Å². The van der Waals surface area contributed by atoms with E-state index in [1.54, 1.807) is 0 Å². The molecule has 1 aromatic rings. The molecule has 0 saturated heterocycles. The van der Waals surface area contributed by atoms with E-state index in [0.717, 1.165) is 32.1 Å². The van der Waals surface area contributed by atoms with Crippen molar-refractivity contribution in [1.82, 2.24) is 14.7 Å². The third-order valence-corrected chi connectivity index (χ3v) is 4.67. The molecular formula is C16H30N4. The number of likely N-dealkylation sites (N-methyl/N-ethyl adjacent to an activating group) is 1. The van der Waals surface area contributed by atoms with Crippen molar-refractivity contribution in [2.24, 2.45) is 5.92 Å². The molecule has 1 aliphatic rings. The normalized spacial score (nSPS) is 17.8. The van der Waals surface area contributed by atoms with Gasteiger partial charge in [-0.05, 0) is 38.8 Å². The van der Waals surface area contributed by atoms with Crippen LogP contribution in [0, 0.1) is 5.92 Å². The fraction of sp³-hybridized carbons (Fsp3) is 0.812. The highest BCUT2D eigenvalue weighted by molar-refractivity contribution is 5.39. The van der Waals surface area contributed by atoms with Crippen LogP contribution in [0.5, 0.6) is 0 Å². The Balaban J connectivity index is 1.79. The molecule has 1 heterocycles. The summed E-state index contributed by atoms with van der Waals surface area (Å²) in [6.07, 6.45) is 9.68. The molecule has 114 valence electrons. The van der Waals surface area contributed by atoms with E-state index in [9.17, 15) is 0 Å². The summed E-state index contributed by atoms with van der Waals surface area (Å²) < 4.78 is 2.06. The Bertz CT molecular complexity index is 378. The Hall–Kier alpha value is -1.03. The van der Waals surface area contributed by atoms with E-state index in [-0.39, 0.29) is 0 Å². The highest BCUT2D eigenvalue weighted by Crippen LogP contribution is 2.29. The maximum absolute atomic E-state index is 4.46. The van der Waals surface area contributed by atoms with Crippen molar-refractivity contribution in [1.29, 1.82) is 0 Å². The summed E-state index contributed by atoms with van der Waals surface area (Å²) in [7, 11) is 0. The molecular weight excluding hydrogens is 248 g/mol. The number of hydrogen-bond donors (Lipinski definition) is 1. The molecule has 0 radical (unpaired) electrons. The summed E-state index contributed by atoms with van der Waals surface area (Å²) in [6.45, 7) is 11.0. The van der Waals surface area contributed by atoms with E-state index in [1.165, 1.54) is 31.4 Å². The van der Waals surface area contributed by atoms with E-state index in [4.69, 9.17) is 0 Å². The van der Waals surface area contributed by atoms with Crippen molar-refractivity contribution >= 4 is 5.69 Å². The van der Waals surface area contributed by atoms with E-state index in [2.05, 4.69) is 47.0 Å². The summed E-state index contributed by atoms with van der Waals surface area (Å²) in [5, 5.41) is 8.09. The second-order valence-electron chi connectivity index (χ2n) is 6.00. The average molecular weight is 278 g/mol. The lowest BCUT2D eigenvalue weighted by Gasteiger charge is -2.20. The first-order valence-corrected chi connectivity index (χ1v) is 8.24. The molecule has 0 bridgehead atoms. The quantitative estimate of drug-likeness (QED) is 0.792. The topological polar surface area (TPSA) is 33.1 Å². The van der Waals surface area contributed by atoms with Crippen LogP contribution in [0.1, 0.15) is 46.5 Å². The van der Waals surface area contributed by atoms with Crippen LogP contribution in [0.2, 0.25) is 0 Å². The smallest absolute Gasteiger partial charge is 0.0728 e. The molecule has 1 aliphatic carbocycles. The predicted octanol–water partition coefficient (Wildman–Crippen LogP) is 3.22. The van der Waals surface area contributed by atoms with Gasteiger partial charge in [0.05, 0.1) is 18.4 Å². The standard InChI is InChI=1S/C16H30N4/c1-4-19(5-2)10-11-20-13-16(12-17-20)18-14(3)15-8-6-7-9-15/h12-15,18H,4-11H2,1-3H3. The highest BCUT2D eigenvalue weighted by Gasteiger charge is 2.21. The summed E-state index contributed by atoms with van der Waals surface area (Å²) in [4.78, 5) is 2.43. The van der Waals surface area contributed by atoms with Crippen LogP contribution in [0.25, 0.3) is 0 Å². The summed E-state index contributed by atoms with van der Waals surface area (Å²) >= 11 is 0. The molecule has 1 saturated carbocycles. The Morgan fingerprint density at radius 3 is 2.70 bits per heavy atom. The molecule has 1 unspecified atom stereocenters. The molecule has 2 rings (SSSR count). The van der Waals surface area contributed by atoms with Gasteiger partial charge in [0.1, 0.15) is 0 Å². The molecule has 1 atom stereocenters. The zero-order valence-corrected chi connectivity index (χ0v) is 13.3. The third kappa shape index (κ3) is 4.23. The Labute approximate surface area is 123 Å². The van der Waals surface area contributed by atoms with Crippen molar-refractivity contribution in [3.63, 3.8) is 0 Å². The Morgan fingerprint density at radius 1 is 1.35 bits per heavy atom. The lowest BCUT2D eigenvalue weighted by molar-refractivity contribution is 0.285. The zero-order valence-electron chi connectivity index (χ0n) is 13.3. The SMILES string of the molecule is CCN(CC)CCn1cc(NC(C)C2CCCC2)cn1. The lowest BCUT2D eigenvalue weighted by Crippen LogP contribution is -2.27. The first-order valence-electron chi connectivity index (χ1n) is 8.24. The minimum absolute atomic E-state index is 0.568. The molecule has 4 nitrogen and oxygen atoms in total. The predicted molar refractivity (Wildman–Crippen MR) is 85.1 cm³/mol. The van der Waals surface area contributed by atoms with Gasteiger partial charge in [0.25, 0.3) is 0 Å². The van der Waals surface area contributed by atoms with Crippen molar-refractivity contribution in [3.8, 4) is 0 Å². The maximum Gasteiger partial charge on any atom is 0.0728 e. The number of hydrogen-bond acceptors (Lipinski definition) is 3. The first kappa shape index (κ1) is 15.4. The highest BCUT2D eigenvalue weighted by atomic mass is 15.3. The lowest BCUT2D eigenvalue weighted by atomic mass is 10.00. The number of aromatic nitrogens is 2. The summed E-state index contributed by atoms with van der Waals surface area (Å²) in [5.41, 5.74) is 1.17. The van der Waals surface area contributed by atoms with Crippen molar-refractivity contribution < 1.29 is 0 Å². The fourth-order valence-electron chi connectivity index (χ4n) is 3.18. The van der Waals surface area contributed by atoms with Crippen LogP contribution in [-0.4, -0.2) is 40.4 Å². The average Bonchev–Trinajstić information content (AvgIpc) is 3.11. The van der Waals surface area contributed by atoms with Gasteiger partial charge in [0.2, 0.25) is 0 Å². The Morgan fingerprint density at radius 2 is 2.05 bits per heavy atom. The van der Waals surface area contributed by atoms with E-state index >= 15 is 0 Å². The van der Waals surface area contributed by atoms with Gasteiger partial charge in [-0.15, -0.1) is 0 Å². The number of anilines is 1. The van der Waals surface area contributed by atoms with Crippen LogP contribution in [0.15, 0.2) is 12.4 Å². The maximum atomic E-state index is 4.46. The van der Waals surface area contributed by atoms with Gasteiger partial charge in [0.15, 0.2) is 0 Å². The van der Waals surface area contributed by atoms with E-state index in [0.29, 0.717) is 6.04 Å². The second-order valence-corrected chi connectivity index (χ2v) is 6.00. The van der Waals surface area contributed by atoms with E-state index < -0.39 is 0 Å². The molecule has 0 aromatic carbocycles. The minimum atomic E-state index is 0.568. The first-order chi connectivity index (χ1) is 9.72. The van der Waals surface area contributed by atoms with Crippen molar-refractivity contribution in [2.75, 3.05) is 25.0 Å². The molecule has 1 aromatic heterocycles. The minimum Gasteiger partial charge on any atom is -0.380 e. The number of rotatable bonds is 8. The van der Waals surface area contributed by atoms with Gasteiger partial charge in [-0.3, -0.25) is 4.68 Å². The molecule has 4 heteroatoms. The van der Waals surface area contributed by atoms with Crippen LogP contribution in [0.3, 0.4) is 0 Å². The molecule has 1 fully saturated rings. The Kier molecular flexibility index (Phi) is 5.89. The van der Waals surface area contributed by atoms with Crippen LogP contribution >= 0.6 is 0 Å². The number of nitrogens with one attached hydrogen (secondary N) is 1. The molecule has 0 amide bonds. The van der Waals surface area contributed by atoms with E-state index in [1.807, 2.05) is 6.20 Å². The van der Waals surface area contributed by atoms with Gasteiger partial charge in [0, 0.05) is 18.8 Å². The molecule has 20 heavy (non-hydrogen) atoms. The summed E-state index contributed by atoms with van der Waals surface area (Å²) in [5.74, 6) is 0.842. The van der Waals surface area contributed by atoms with Gasteiger partial charge in [-0.2, -0.15) is 5.10 Å². The zero-order chi connectivity index (χ0) is 14.4. The second kappa shape index (κ2) is 7.67. The van der Waals surface area contributed by atoms with Crippen molar-refractivity contribution in [3.05, 3.63) is 12.4 Å². The van der Waals surface area contributed by atoms with Crippen molar-refractivity contribution in [2.45, 2.75) is 59.0 Å². The molecule has 1 N–H and O–H groups in total. The molecule has 0 spiro atoms. The van der Waals surface area contributed by atoms with Crippen LogP contribution < -0.4 is 5.32 Å². The van der Waals surface area contributed by atoms with Gasteiger partial charge in [-0.1, -0.05) is 26.7 Å². The fourth-order valence-corrected chi connectivity index (χ4v) is 3.18. The number of nitrogens with zero attached hydrogens (tertiary/aromatic N) is 3. The van der Waals surface area contributed by atoms with Gasteiger partial charge < -0.3 is 10.2 Å². The largest absolute Gasteiger partial charge is 0.380 e. The third-order valence-electron chi connectivity index (χ3n) is 4.67. The van der Waals surface area contributed by atoms with Crippen LogP contribution in [-0.2, 0) is 6.54 Å². The summed E-state index contributed by atoms with van der Waals surface area (Å²) in [6, 6.07) is 0.568. The monoisotopic (exact) mass is 278 g/mol. The van der Waals surface area contributed by atoms with Crippen LogP contribution in [0.4, 0.5) is 5.69 Å². The molecule has 0 aliphatic heterocycles.